The summed E-state index contributed by atoms with van der Waals surface area (Å²) in [5.74, 6) is 0.260. The molecule has 2 nitrogen and oxygen atoms in total. The van der Waals surface area contributed by atoms with Crippen LogP contribution in [0.5, 0.6) is 0 Å². The Morgan fingerprint density at radius 3 is 2.50 bits per heavy atom. The molecule has 1 saturated heterocycles. The SMILES string of the molecule is CC(C)(C)/C=C\N1CCCC1=O. The Morgan fingerprint density at radius 2 is 2.08 bits per heavy atom. The fourth-order valence-corrected chi connectivity index (χ4v) is 1.14. The molecule has 0 bridgehead atoms. The number of amides is 1. The van der Waals surface area contributed by atoms with Crippen LogP contribution in [0.1, 0.15) is 33.6 Å². The molecular weight excluding hydrogens is 150 g/mol. The fourth-order valence-electron chi connectivity index (χ4n) is 1.14. The van der Waals surface area contributed by atoms with Crippen molar-refractivity contribution < 1.29 is 4.79 Å². The van der Waals surface area contributed by atoms with Gasteiger partial charge in [0.05, 0.1) is 0 Å². The second-order valence-electron chi connectivity index (χ2n) is 4.37. The van der Waals surface area contributed by atoms with Crippen LogP contribution in [-0.2, 0) is 4.79 Å². The monoisotopic (exact) mass is 167 g/mol. The van der Waals surface area contributed by atoms with Gasteiger partial charge in [-0.1, -0.05) is 26.8 Å². The first-order chi connectivity index (χ1) is 5.49. The summed E-state index contributed by atoms with van der Waals surface area (Å²) in [7, 11) is 0. The van der Waals surface area contributed by atoms with E-state index in [4.69, 9.17) is 0 Å². The van der Waals surface area contributed by atoms with Gasteiger partial charge in [-0.2, -0.15) is 0 Å². The molecule has 0 aromatic heterocycles. The number of hydrogen-bond acceptors (Lipinski definition) is 1. The number of rotatable bonds is 1. The van der Waals surface area contributed by atoms with Crippen LogP contribution in [0.25, 0.3) is 0 Å². The maximum atomic E-state index is 11.2. The van der Waals surface area contributed by atoms with E-state index in [1.54, 1.807) is 0 Å². The van der Waals surface area contributed by atoms with E-state index >= 15 is 0 Å². The van der Waals surface area contributed by atoms with Crippen LogP contribution in [0.3, 0.4) is 0 Å². The average molecular weight is 167 g/mol. The predicted molar refractivity (Wildman–Crippen MR) is 49.5 cm³/mol. The maximum Gasteiger partial charge on any atom is 0.226 e. The van der Waals surface area contributed by atoms with Crippen LogP contribution in [0.15, 0.2) is 12.3 Å². The first kappa shape index (κ1) is 9.30. The lowest BCUT2D eigenvalue weighted by molar-refractivity contribution is -0.125. The maximum absolute atomic E-state index is 11.2. The number of allylic oxidation sites excluding steroid dienone is 1. The molecule has 0 aliphatic carbocycles. The van der Waals surface area contributed by atoms with Gasteiger partial charge in [0.15, 0.2) is 0 Å². The zero-order chi connectivity index (χ0) is 9.19. The van der Waals surface area contributed by atoms with Gasteiger partial charge in [-0.05, 0) is 11.8 Å². The van der Waals surface area contributed by atoms with E-state index < -0.39 is 0 Å². The van der Waals surface area contributed by atoms with Crippen LogP contribution in [-0.4, -0.2) is 17.4 Å². The largest absolute Gasteiger partial charge is 0.319 e. The van der Waals surface area contributed by atoms with E-state index in [0.717, 1.165) is 13.0 Å². The minimum atomic E-state index is 0.170. The van der Waals surface area contributed by atoms with E-state index in [0.29, 0.717) is 6.42 Å². The normalized spacial score (nSPS) is 19.6. The minimum Gasteiger partial charge on any atom is -0.319 e. The first-order valence-corrected chi connectivity index (χ1v) is 4.48. The summed E-state index contributed by atoms with van der Waals surface area (Å²) >= 11 is 0. The zero-order valence-electron chi connectivity index (χ0n) is 8.13. The van der Waals surface area contributed by atoms with Crippen molar-refractivity contribution in [2.45, 2.75) is 33.6 Å². The van der Waals surface area contributed by atoms with Gasteiger partial charge in [-0.25, -0.2) is 0 Å². The van der Waals surface area contributed by atoms with Crippen molar-refractivity contribution >= 4 is 5.91 Å². The average Bonchev–Trinajstić information content (AvgIpc) is 2.29. The highest BCUT2D eigenvalue weighted by molar-refractivity contribution is 5.79. The molecule has 0 aromatic carbocycles. The van der Waals surface area contributed by atoms with Gasteiger partial charge in [-0.3, -0.25) is 4.79 Å². The summed E-state index contributed by atoms with van der Waals surface area (Å²) in [4.78, 5) is 13.0. The lowest BCUT2D eigenvalue weighted by Crippen LogP contribution is -2.18. The molecule has 1 amide bonds. The molecule has 1 aliphatic heterocycles. The Balaban J connectivity index is 2.51. The molecule has 0 unspecified atom stereocenters. The number of carbonyl (C=O) groups excluding carboxylic acids is 1. The molecule has 1 fully saturated rings. The fraction of sp³-hybridized carbons (Fsp3) is 0.700. The van der Waals surface area contributed by atoms with E-state index in [1.165, 1.54) is 0 Å². The third-order valence-electron chi connectivity index (χ3n) is 1.86. The quantitative estimate of drug-likeness (QED) is 0.586. The molecule has 0 spiro atoms. The molecule has 2 heteroatoms. The van der Waals surface area contributed by atoms with Gasteiger partial charge in [0.1, 0.15) is 0 Å². The van der Waals surface area contributed by atoms with Crippen molar-refractivity contribution in [1.82, 2.24) is 4.90 Å². The number of nitrogens with zero attached hydrogens (tertiary/aromatic N) is 1. The smallest absolute Gasteiger partial charge is 0.226 e. The molecule has 1 rings (SSSR count). The Kier molecular flexibility index (Phi) is 2.55. The van der Waals surface area contributed by atoms with Crippen LogP contribution in [0.2, 0.25) is 0 Å². The lowest BCUT2D eigenvalue weighted by atomic mass is 9.97. The van der Waals surface area contributed by atoms with Crippen molar-refractivity contribution in [3.63, 3.8) is 0 Å². The summed E-state index contributed by atoms with van der Waals surface area (Å²) in [6.45, 7) is 7.28. The molecule has 0 aromatic rings. The van der Waals surface area contributed by atoms with Crippen molar-refractivity contribution in [3.05, 3.63) is 12.3 Å². The molecule has 12 heavy (non-hydrogen) atoms. The van der Waals surface area contributed by atoms with Gasteiger partial charge >= 0.3 is 0 Å². The number of carbonyl (C=O) groups is 1. The molecule has 1 aliphatic rings. The first-order valence-electron chi connectivity index (χ1n) is 4.48. The van der Waals surface area contributed by atoms with E-state index in [9.17, 15) is 4.79 Å². The molecule has 0 atom stereocenters. The molecule has 0 N–H and O–H groups in total. The highest BCUT2D eigenvalue weighted by Crippen LogP contribution is 2.17. The summed E-state index contributed by atoms with van der Waals surface area (Å²) in [5, 5.41) is 0. The topological polar surface area (TPSA) is 20.3 Å². The van der Waals surface area contributed by atoms with E-state index in [-0.39, 0.29) is 11.3 Å². The van der Waals surface area contributed by atoms with E-state index in [1.807, 2.05) is 11.1 Å². The molecule has 0 saturated carbocycles. The molecule has 68 valence electrons. The van der Waals surface area contributed by atoms with Gasteiger partial charge in [-0.15, -0.1) is 0 Å². The van der Waals surface area contributed by atoms with Crippen molar-refractivity contribution in [3.8, 4) is 0 Å². The van der Waals surface area contributed by atoms with Gasteiger partial charge in [0, 0.05) is 19.2 Å². The van der Waals surface area contributed by atoms with E-state index in [2.05, 4.69) is 26.8 Å². The van der Waals surface area contributed by atoms with Gasteiger partial charge in [0.2, 0.25) is 5.91 Å². The zero-order valence-corrected chi connectivity index (χ0v) is 8.13. The predicted octanol–water partition coefficient (Wildman–Crippen LogP) is 2.17. The van der Waals surface area contributed by atoms with Crippen LogP contribution >= 0.6 is 0 Å². The van der Waals surface area contributed by atoms with Crippen molar-refractivity contribution in [2.75, 3.05) is 6.54 Å². The number of likely N-dealkylation sites (tertiary alicyclic amines) is 1. The number of hydrogen-bond donors (Lipinski definition) is 0. The van der Waals surface area contributed by atoms with Crippen LogP contribution < -0.4 is 0 Å². The molecule has 0 radical (unpaired) electrons. The highest BCUT2D eigenvalue weighted by Gasteiger charge is 2.17. The third-order valence-corrected chi connectivity index (χ3v) is 1.86. The van der Waals surface area contributed by atoms with Gasteiger partial charge in [0.25, 0.3) is 0 Å². The Morgan fingerprint density at radius 1 is 1.42 bits per heavy atom. The second-order valence-corrected chi connectivity index (χ2v) is 4.37. The lowest BCUT2D eigenvalue weighted by Gasteiger charge is -2.15. The van der Waals surface area contributed by atoms with Crippen molar-refractivity contribution in [1.29, 1.82) is 0 Å². The second kappa shape index (κ2) is 3.30. The molecular formula is C10H17NO. The summed E-state index contributed by atoms with van der Waals surface area (Å²) in [6, 6.07) is 0. The Bertz CT molecular complexity index is 200. The highest BCUT2D eigenvalue weighted by atomic mass is 16.2. The standard InChI is InChI=1S/C10H17NO/c1-10(2,3)6-8-11-7-4-5-9(11)12/h6,8H,4-5,7H2,1-3H3/b8-6-. The van der Waals surface area contributed by atoms with Crippen LogP contribution in [0.4, 0.5) is 0 Å². The molecule has 1 heterocycles. The Labute approximate surface area is 74.2 Å². The minimum absolute atomic E-state index is 0.170. The van der Waals surface area contributed by atoms with Crippen molar-refractivity contribution in [2.24, 2.45) is 5.41 Å². The summed E-state index contributed by atoms with van der Waals surface area (Å²) in [6.07, 6.45) is 5.73. The Hall–Kier alpha value is -0.790. The van der Waals surface area contributed by atoms with Crippen LogP contribution in [0, 0.1) is 5.41 Å². The van der Waals surface area contributed by atoms with Gasteiger partial charge < -0.3 is 4.90 Å². The third kappa shape index (κ3) is 2.68. The summed E-state index contributed by atoms with van der Waals surface area (Å²) < 4.78 is 0. The summed E-state index contributed by atoms with van der Waals surface area (Å²) in [5.41, 5.74) is 0.170.